The van der Waals surface area contributed by atoms with Gasteiger partial charge in [0.2, 0.25) is 11.6 Å². The number of carbonyl (C=O) groups is 2. The van der Waals surface area contributed by atoms with Crippen LogP contribution in [-0.4, -0.2) is 31.6 Å². The van der Waals surface area contributed by atoms with Crippen LogP contribution in [0, 0.1) is 0 Å². The Morgan fingerprint density at radius 2 is 1.07 bits per heavy atom. The van der Waals surface area contributed by atoms with Crippen LogP contribution in [0.5, 0.6) is 0 Å². The number of Topliss-reactive ketones (excluding diaryl/α,β-unsaturated/α-hetero) is 2. The number of benzene rings is 3. The first-order valence-corrected chi connectivity index (χ1v) is 8.60. The first-order valence-electron chi connectivity index (χ1n) is 8.60. The molecule has 1 aliphatic rings. The predicted molar refractivity (Wildman–Crippen MR) is 103 cm³/mol. The molecule has 0 unspecified atom stereocenters. The zero-order valence-corrected chi connectivity index (χ0v) is 15.1. The quantitative estimate of drug-likeness (QED) is 0.513. The molecule has 0 heterocycles. The minimum Gasteiger partial charge on any atom is -0.341 e. The van der Waals surface area contributed by atoms with Gasteiger partial charge in [-0.25, -0.2) is 0 Å². The molecule has 0 spiro atoms. The van der Waals surface area contributed by atoms with Gasteiger partial charge in [-0.2, -0.15) is 0 Å². The van der Waals surface area contributed by atoms with E-state index in [9.17, 15) is 9.59 Å². The van der Waals surface area contributed by atoms with Gasteiger partial charge in [-0.15, -0.1) is 0 Å². The van der Waals surface area contributed by atoms with E-state index in [2.05, 4.69) is 12.1 Å². The lowest BCUT2D eigenvalue weighted by Crippen LogP contribution is -2.45. The van der Waals surface area contributed by atoms with Gasteiger partial charge in [0.05, 0.1) is 0 Å². The first kappa shape index (κ1) is 17.3. The molecule has 3 aromatic carbocycles. The van der Waals surface area contributed by atoms with Crippen molar-refractivity contribution in [2.45, 2.75) is 5.79 Å². The van der Waals surface area contributed by atoms with Crippen molar-refractivity contribution in [3.63, 3.8) is 0 Å². The van der Waals surface area contributed by atoms with Gasteiger partial charge in [-0.3, -0.25) is 9.59 Å². The average molecular weight is 358 g/mol. The molecule has 134 valence electrons. The summed E-state index contributed by atoms with van der Waals surface area (Å²) in [4.78, 5) is 25.3. The normalized spacial score (nSPS) is 15.0. The molecular formula is C23H18O4. The highest BCUT2D eigenvalue weighted by molar-refractivity contribution is 6.31. The van der Waals surface area contributed by atoms with Crippen molar-refractivity contribution in [2.24, 2.45) is 0 Å². The Morgan fingerprint density at radius 1 is 0.593 bits per heavy atom. The fourth-order valence-corrected chi connectivity index (χ4v) is 3.51. The average Bonchev–Trinajstić information content (AvgIpc) is 2.95. The highest BCUT2D eigenvalue weighted by Crippen LogP contribution is 2.36. The van der Waals surface area contributed by atoms with Gasteiger partial charge in [0, 0.05) is 25.3 Å². The van der Waals surface area contributed by atoms with Crippen LogP contribution in [0.3, 0.4) is 0 Å². The Morgan fingerprint density at radius 3 is 1.67 bits per heavy atom. The Labute approximate surface area is 157 Å². The van der Waals surface area contributed by atoms with E-state index in [1.165, 1.54) is 14.2 Å². The summed E-state index contributed by atoms with van der Waals surface area (Å²) in [5.74, 6) is -2.79. The topological polar surface area (TPSA) is 52.6 Å². The van der Waals surface area contributed by atoms with Crippen molar-refractivity contribution in [3.8, 4) is 22.3 Å². The van der Waals surface area contributed by atoms with Crippen molar-refractivity contribution in [2.75, 3.05) is 14.2 Å². The molecule has 0 aliphatic heterocycles. The molecule has 0 bridgehead atoms. The minimum atomic E-state index is -1.86. The van der Waals surface area contributed by atoms with Crippen molar-refractivity contribution < 1.29 is 19.1 Å². The summed E-state index contributed by atoms with van der Waals surface area (Å²) in [6.45, 7) is 0. The molecule has 0 amide bonds. The van der Waals surface area contributed by atoms with Crippen LogP contribution in [0.25, 0.3) is 22.3 Å². The summed E-state index contributed by atoms with van der Waals surface area (Å²) >= 11 is 0. The summed E-state index contributed by atoms with van der Waals surface area (Å²) in [5.41, 5.74) is 4.73. The van der Waals surface area contributed by atoms with Gasteiger partial charge in [0.15, 0.2) is 0 Å². The predicted octanol–water partition coefficient (Wildman–Crippen LogP) is 4.39. The van der Waals surface area contributed by atoms with Crippen LogP contribution in [0.2, 0.25) is 0 Å². The zero-order valence-electron chi connectivity index (χ0n) is 15.1. The molecule has 0 aromatic heterocycles. The molecule has 4 nitrogen and oxygen atoms in total. The van der Waals surface area contributed by atoms with Crippen LogP contribution >= 0.6 is 0 Å². The molecule has 4 heteroatoms. The van der Waals surface area contributed by atoms with Gasteiger partial charge >= 0.3 is 0 Å². The van der Waals surface area contributed by atoms with Gasteiger partial charge in [0.25, 0.3) is 5.79 Å². The van der Waals surface area contributed by atoms with E-state index in [4.69, 9.17) is 9.47 Å². The van der Waals surface area contributed by atoms with E-state index in [1.807, 2.05) is 48.5 Å². The number of fused-ring (bicyclic) bond motifs is 1. The maximum atomic E-state index is 12.7. The molecule has 3 aromatic rings. The number of ketones is 2. The Kier molecular flexibility index (Phi) is 4.22. The van der Waals surface area contributed by atoms with E-state index >= 15 is 0 Å². The minimum absolute atomic E-state index is 0.327. The maximum absolute atomic E-state index is 12.7. The van der Waals surface area contributed by atoms with E-state index in [0.29, 0.717) is 11.1 Å². The smallest absolute Gasteiger partial charge is 0.299 e. The summed E-state index contributed by atoms with van der Waals surface area (Å²) in [5, 5.41) is 0. The summed E-state index contributed by atoms with van der Waals surface area (Å²) in [7, 11) is 2.60. The molecule has 1 aliphatic carbocycles. The second kappa shape index (κ2) is 6.58. The molecule has 0 N–H and O–H groups in total. The lowest BCUT2D eigenvalue weighted by Gasteiger charge is -2.21. The largest absolute Gasteiger partial charge is 0.341 e. The third kappa shape index (κ3) is 2.62. The molecule has 27 heavy (non-hydrogen) atoms. The highest BCUT2D eigenvalue weighted by atomic mass is 16.7. The van der Waals surface area contributed by atoms with Gasteiger partial charge in [-0.1, -0.05) is 60.7 Å². The molecule has 0 radical (unpaired) electrons. The van der Waals surface area contributed by atoms with Crippen LogP contribution in [-0.2, 0) is 9.47 Å². The fourth-order valence-electron chi connectivity index (χ4n) is 3.51. The Hall–Kier alpha value is -3.08. The van der Waals surface area contributed by atoms with Crippen molar-refractivity contribution in [1.29, 1.82) is 0 Å². The number of methoxy groups -OCH3 is 2. The molecule has 0 saturated heterocycles. The van der Waals surface area contributed by atoms with Crippen LogP contribution in [0.15, 0.2) is 72.8 Å². The standard InChI is InChI=1S/C23H18O4/c1-26-23(27-2)21(24)19-13-12-18(14-20(19)22(23)25)17-10-8-16(9-11-17)15-6-4-3-5-7-15/h3-14H,1-2H3. The summed E-state index contributed by atoms with van der Waals surface area (Å²) < 4.78 is 10.3. The fraction of sp³-hybridized carbons (Fsp3) is 0.130. The Balaban J connectivity index is 1.71. The van der Waals surface area contributed by atoms with Crippen molar-refractivity contribution in [1.82, 2.24) is 0 Å². The summed E-state index contributed by atoms with van der Waals surface area (Å²) in [6, 6.07) is 23.4. The second-order valence-electron chi connectivity index (χ2n) is 6.39. The lowest BCUT2D eigenvalue weighted by molar-refractivity contribution is -0.133. The second-order valence-corrected chi connectivity index (χ2v) is 6.39. The number of hydrogen-bond acceptors (Lipinski definition) is 4. The third-order valence-electron chi connectivity index (χ3n) is 5.01. The highest BCUT2D eigenvalue weighted by Gasteiger charge is 2.54. The molecule has 0 saturated carbocycles. The van der Waals surface area contributed by atoms with Crippen LogP contribution in [0.4, 0.5) is 0 Å². The molecular weight excluding hydrogens is 340 g/mol. The summed E-state index contributed by atoms with van der Waals surface area (Å²) in [6.07, 6.45) is 0. The molecule has 0 fully saturated rings. The first-order chi connectivity index (χ1) is 13.1. The number of ether oxygens (including phenoxy) is 2. The van der Waals surface area contributed by atoms with E-state index in [0.717, 1.165) is 22.3 Å². The van der Waals surface area contributed by atoms with Crippen molar-refractivity contribution >= 4 is 11.6 Å². The van der Waals surface area contributed by atoms with E-state index < -0.39 is 17.4 Å². The van der Waals surface area contributed by atoms with Gasteiger partial charge < -0.3 is 9.47 Å². The monoisotopic (exact) mass is 358 g/mol. The number of rotatable bonds is 4. The van der Waals surface area contributed by atoms with Crippen molar-refractivity contribution in [3.05, 3.63) is 83.9 Å². The maximum Gasteiger partial charge on any atom is 0.299 e. The van der Waals surface area contributed by atoms with Gasteiger partial charge in [-0.05, 0) is 34.4 Å². The molecule has 0 atom stereocenters. The number of hydrogen-bond donors (Lipinski definition) is 0. The zero-order chi connectivity index (χ0) is 19.0. The van der Waals surface area contributed by atoms with Crippen LogP contribution < -0.4 is 0 Å². The SMILES string of the molecule is COC1(OC)C(=O)c2ccc(-c3ccc(-c4ccccc4)cc3)cc2C1=O. The van der Waals surface area contributed by atoms with Gasteiger partial charge in [0.1, 0.15) is 0 Å². The van der Waals surface area contributed by atoms with E-state index in [-0.39, 0.29) is 0 Å². The van der Waals surface area contributed by atoms with E-state index in [1.54, 1.807) is 12.1 Å². The third-order valence-corrected chi connectivity index (χ3v) is 5.01. The molecule has 4 rings (SSSR count). The Bertz CT molecular complexity index is 1020. The lowest BCUT2D eigenvalue weighted by atomic mass is 9.97. The van der Waals surface area contributed by atoms with Crippen LogP contribution in [0.1, 0.15) is 20.7 Å². The number of carbonyl (C=O) groups excluding carboxylic acids is 2.